The standard InChI is InChI=1S/C21H39N3O6/c1-7-13(2)19(23(4)18(26)12-22)16(29-5)11-17(25)24-10-8-9-15(24)20(30-6)14(3)21(27)28/h13-16,19-20H,7-12,22H2,1-6H3,(H,27,28). The first-order valence-electron chi connectivity index (χ1n) is 10.7. The highest BCUT2D eigenvalue weighted by Gasteiger charge is 2.41. The molecule has 0 aromatic heterocycles. The summed E-state index contributed by atoms with van der Waals surface area (Å²) < 4.78 is 11.2. The van der Waals surface area contributed by atoms with Gasteiger partial charge in [-0.3, -0.25) is 14.4 Å². The fraction of sp³-hybridized carbons (Fsp3) is 0.857. The summed E-state index contributed by atoms with van der Waals surface area (Å²) >= 11 is 0. The summed E-state index contributed by atoms with van der Waals surface area (Å²) in [5, 5.41) is 9.40. The number of carboxylic acids is 1. The number of aliphatic carboxylic acids is 1. The van der Waals surface area contributed by atoms with Gasteiger partial charge in [0.15, 0.2) is 0 Å². The number of carbonyl (C=O) groups is 3. The van der Waals surface area contributed by atoms with E-state index < -0.39 is 24.1 Å². The van der Waals surface area contributed by atoms with E-state index in [1.165, 1.54) is 7.11 Å². The molecule has 0 saturated carbocycles. The van der Waals surface area contributed by atoms with Gasteiger partial charge in [0, 0.05) is 27.8 Å². The van der Waals surface area contributed by atoms with Gasteiger partial charge in [-0.05, 0) is 25.7 Å². The van der Waals surface area contributed by atoms with Crippen molar-refractivity contribution in [3.63, 3.8) is 0 Å². The minimum Gasteiger partial charge on any atom is -0.481 e. The SMILES string of the molecule is CCC(C)C(C(CC(=O)N1CCCC1C(OC)C(C)C(=O)O)OC)N(C)C(=O)CN. The lowest BCUT2D eigenvalue weighted by molar-refractivity contribution is -0.151. The van der Waals surface area contributed by atoms with Gasteiger partial charge in [-0.1, -0.05) is 20.3 Å². The minimum absolute atomic E-state index is 0.0993. The summed E-state index contributed by atoms with van der Waals surface area (Å²) in [5.74, 6) is -1.90. The highest BCUT2D eigenvalue weighted by molar-refractivity contribution is 5.79. The van der Waals surface area contributed by atoms with Crippen molar-refractivity contribution in [2.75, 3.05) is 34.4 Å². The molecule has 9 heteroatoms. The van der Waals surface area contributed by atoms with Crippen molar-refractivity contribution in [3.8, 4) is 0 Å². The number of nitrogens with zero attached hydrogens (tertiary/aromatic N) is 2. The van der Waals surface area contributed by atoms with E-state index in [2.05, 4.69) is 0 Å². The third-order valence-electron chi connectivity index (χ3n) is 6.45. The molecule has 0 radical (unpaired) electrons. The number of likely N-dealkylation sites (N-methyl/N-ethyl adjacent to an activating group) is 1. The Morgan fingerprint density at radius 2 is 1.87 bits per heavy atom. The lowest BCUT2D eigenvalue weighted by Gasteiger charge is -2.39. The number of rotatable bonds is 12. The molecule has 1 fully saturated rings. The molecule has 9 nitrogen and oxygen atoms in total. The van der Waals surface area contributed by atoms with Crippen LogP contribution in [0.4, 0.5) is 0 Å². The Labute approximate surface area is 179 Å². The Morgan fingerprint density at radius 1 is 1.23 bits per heavy atom. The van der Waals surface area contributed by atoms with Gasteiger partial charge in [0.05, 0.1) is 43.2 Å². The zero-order valence-electron chi connectivity index (χ0n) is 19.2. The fourth-order valence-corrected chi connectivity index (χ4v) is 4.46. The van der Waals surface area contributed by atoms with Gasteiger partial charge in [-0.2, -0.15) is 0 Å². The monoisotopic (exact) mass is 429 g/mol. The van der Waals surface area contributed by atoms with Gasteiger partial charge in [0.2, 0.25) is 11.8 Å². The molecule has 0 aromatic carbocycles. The first-order valence-corrected chi connectivity index (χ1v) is 10.7. The summed E-state index contributed by atoms with van der Waals surface area (Å²) in [6.07, 6.45) is 1.33. The predicted octanol–water partition coefficient (Wildman–Crippen LogP) is 0.950. The maximum atomic E-state index is 13.2. The second-order valence-electron chi connectivity index (χ2n) is 8.19. The van der Waals surface area contributed by atoms with Crippen molar-refractivity contribution >= 4 is 17.8 Å². The Morgan fingerprint density at radius 3 is 2.33 bits per heavy atom. The molecule has 0 aromatic rings. The molecular formula is C21H39N3O6. The van der Waals surface area contributed by atoms with Crippen molar-refractivity contribution in [1.82, 2.24) is 9.80 Å². The van der Waals surface area contributed by atoms with Crippen molar-refractivity contribution < 1.29 is 29.0 Å². The number of amides is 2. The van der Waals surface area contributed by atoms with Crippen LogP contribution in [0.25, 0.3) is 0 Å². The van der Waals surface area contributed by atoms with Crippen molar-refractivity contribution in [3.05, 3.63) is 0 Å². The molecule has 0 bridgehead atoms. The third kappa shape index (κ3) is 6.15. The smallest absolute Gasteiger partial charge is 0.308 e. The van der Waals surface area contributed by atoms with E-state index in [1.54, 1.807) is 30.9 Å². The van der Waals surface area contributed by atoms with Gasteiger partial charge in [-0.25, -0.2) is 0 Å². The number of ether oxygens (including phenoxy) is 2. The van der Waals surface area contributed by atoms with E-state index in [0.717, 1.165) is 12.8 Å². The van der Waals surface area contributed by atoms with Crippen LogP contribution in [0.3, 0.4) is 0 Å². The minimum atomic E-state index is -0.949. The molecule has 6 unspecified atom stereocenters. The van der Waals surface area contributed by atoms with Crippen molar-refractivity contribution in [2.45, 2.75) is 70.7 Å². The van der Waals surface area contributed by atoms with Crippen molar-refractivity contribution in [2.24, 2.45) is 17.6 Å². The zero-order chi connectivity index (χ0) is 23.0. The number of likely N-dealkylation sites (tertiary alicyclic amines) is 1. The number of carbonyl (C=O) groups excluding carboxylic acids is 2. The van der Waals surface area contributed by atoms with Crippen LogP contribution < -0.4 is 5.73 Å². The Balaban J connectivity index is 3.04. The molecule has 6 atom stereocenters. The maximum Gasteiger partial charge on any atom is 0.308 e. The van der Waals surface area contributed by atoms with Gasteiger partial charge in [0.1, 0.15) is 0 Å². The molecule has 1 aliphatic heterocycles. The second-order valence-corrected chi connectivity index (χ2v) is 8.19. The molecular weight excluding hydrogens is 390 g/mol. The maximum absolute atomic E-state index is 13.2. The first-order chi connectivity index (χ1) is 14.1. The Hall–Kier alpha value is -1.71. The highest BCUT2D eigenvalue weighted by atomic mass is 16.5. The van der Waals surface area contributed by atoms with E-state index in [1.807, 2.05) is 13.8 Å². The molecule has 30 heavy (non-hydrogen) atoms. The topological polar surface area (TPSA) is 122 Å². The Kier molecular flexibility index (Phi) is 10.7. The van der Waals surface area contributed by atoms with Gasteiger partial charge < -0.3 is 30.1 Å². The zero-order valence-corrected chi connectivity index (χ0v) is 19.2. The van der Waals surface area contributed by atoms with Crippen LogP contribution in [0.15, 0.2) is 0 Å². The van der Waals surface area contributed by atoms with Crippen LogP contribution in [0.1, 0.15) is 46.5 Å². The highest BCUT2D eigenvalue weighted by Crippen LogP contribution is 2.29. The molecule has 0 aliphatic carbocycles. The number of carboxylic acid groups (broad SMARTS) is 1. The summed E-state index contributed by atoms with van der Waals surface area (Å²) in [4.78, 5) is 40.2. The van der Waals surface area contributed by atoms with E-state index >= 15 is 0 Å². The number of hydrogen-bond acceptors (Lipinski definition) is 6. The average molecular weight is 430 g/mol. The van der Waals surface area contributed by atoms with Crippen LogP contribution in [0, 0.1) is 11.8 Å². The molecule has 2 amide bonds. The summed E-state index contributed by atoms with van der Waals surface area (Å²) in [6.45, 7) is 6.10. The molecule has 1 heterocycles. The van der Waals surface area contributed by atoms with Crippen molar-refractivity contribution in [1.29, 1.82) is 0 Å². The lowest BCUT2D eigenvalue weighted by atomic mass is 9.90. The Bertz CT molecular complexity index is 587. The summed E-state index contributed by atoms with van der Waals surface area (Å²) in [7, 11) is 4.71. The summed E-state index contributed by atoms with van der Waals surface area (Å²) in [6, 6.07) is -0.589. The van der Waals surface area contributed by atoms with Crippen LogP contribution in [0.2, 0.25) is 0 Å². The predicted molar refractivity (Wildman–Crippen MR) is 113 cm³/mol. The number of hydrogen-bond donors (Lipinski definition) is 2. The van der Waals surface area contributed by atoms with E-state index in [0.29, 0.717) is 13.0 Å². The van der Waals surface area contributed by atoms with Crippen LogP contribution in [0.5, 0.6) is 0 Å². The molecule has 174 valence electrons. The average Bonchev–Trinajstić information content (AvgIpc) is 3.21. The molecule has 0 spiro atoms. The molecule has 1 rings (SSSR count). The van der Waals surface area contributed by atoms with Crippen LogP contribution in [-0.4, -0.2) is 91.3 Å². The molecule has 1 aliphatic rings. The molecule has 1 saturated heterocycles. The lowest BCUT2D eigenvalue weighted by Crippen LogP contribution is -2.53. The molecule has 3 N–H and O–H groups in total. The quantitative estimate of drug-likeness (QED) is 0.473. The van der Waals surface area contributed by atoms with Gasteiger partial charge in [0.25, 0.3) is 0 Å². The van der Waals surface area contributed by atoms with Crippen LogP contribution >= 0.6 is 0 Å². The number of methoxy groups -OCH3 is 2. The number of nitrogens with two attached hydrogens (primary N) is 1. The van der Waals surface area contributed by atoms with Crippen LogP contribution in [-0.2, 0) is 23.9 Å². The second kappa shape index (κ2) is 12.2. The van der Waals surface area contributed by atoms with E-state index in [-0.39, 0.29) is 42.8 Å². The largest absolute Gasteiger partial charge is 0.481 e. The normalized spacial score (nSPS) is 21.6. The van der Waals surface area contributed by atoms with Gasteiger partial charge >= 0.3 is 5.97 Å². The summed E-state index contributed by atoms with van der Waals surface area (Å²) in [5.41, 5.74) is 5.55. The van der Waals surface area contributed by atoms with E-state index in [9.17, 15) is 19.5 Å². The first kappa shape index (κ1) is 26.3. The van der Waals surface area contributed by atoms with E-state index in [4.69, 9.17) is 15.2 Å². The third-order valence-corrected chi connectivity index (χ3v) is 6.45. The fourth-order valence-electron chi connectivity index (χ4n) is 4.46. The van der Waals surface area contributed by atoms with Gasteiger partial charge in [-0.15, -0.1) is 0 Å².